The topological polar surface area (TPSA) is 107 Å². The number of thiophene rings is 1. The first-order valence-corrected chi connectivity index (χ1v) is 12.7. The maximum Gasteiger partial charge on any atom is 0.251 e. The van der Waals surface area contributed by atoms with Crippen molar-refractivity contribution in [2.45, 2.75) is 32.6 Å². The van der Waals surface area contributed by atoms with Gasteiger partial charge in [0.2, 0.25) is 23.5 Å². The van der Waals surface area contributed by atoms with E-state index in [1.165, 1.54) is 0 Å². The van der Waals surface area contributed by atoms with Crippen LogP contribution < -0.4 is 5.32 Å². The van der Waals surface area contributed by atoms with Crippen LogP contribution in [0.25, 0.3) is 33.6 Å². The van der Waals surface area contributed by atoms with Crippen LogP contribution in [0, 0.1) is 6.92 Å². The fourth-order valence-electron chi connectivity index (χ4n) is 3.74. The van der Waals surface area contributed by atoms with Crippen molar-refractivity contribution in [3.63, 3.8) is 0 Å². The molecule has 0 spiro atoms. The molecule has 8 nitrogen and oxygen atoms in total. The van der Waals surface area contributed by atoms with Crippen molar-refractivity contribution >= 4 is 17.2 Å². The lowest BCUT2D eigenvalue weighted by Crippen LogP contribution is -2.24. The Balaban J connectivity index is 1.05. The predicted octanol–water partition coefficient (Wildman–Crippen LogP) is 5.97. The van der Waals surface area contributed by atoms with Gasteiger partial charge < -0.3 is 14.3 Å². The number of carbonyl (C=O) groups excluding carboxylic acids is 1. The Morgan fingerprint density at radius 3 is 2.56 bits per heavy atom. The number of benzene rings is 2. The summed E-state index contributed by atoms with van der Waals surface area (Å²) in [5.74, 6) is 2.07. The van der Waals surface area contributed by atoms with Crippen LogP contribution in [0.2, 0.25) is 0 Å². The molecular weight excluding hydrogens is 474 g/mol. The third kappa shape index (κ3) is 5.75. The van der Waals surface area contributed by atoms with Crippen LogP contribution in [0.4, 0.5) is 0 Å². The Bertz CT molecular complexity index is 1420. The second-order valence-electron chi connectivity index (χ2n) is 8.41. The number of unbranched alkanes of at least 4 members (excludes halogenated alkanes) is 2. The van der Waals surface area contributed by atoms with Crippen LogP contribution in [0.3, 0.4) is 0 Å². The van der Waals surface area contributed by atoms with Gasteiger partial charge in [0, 0.05) is 29.7 Å². The average Bonchev–Trinajstić information content (AvgIpc) is 3.68. The van der Waals surface area contributed by atoms with Crippen molar-refractivity contribution in [1.82, 2.24) is 25.7 Å². The fraction of sp³-hybridized carbons (Fsp3) is 0.222. The molecule has 0 radical (unpaired) electrons. The highest BCUT2D eigenvalue weighted by molar-refractivity contribution is 7.13. The van der Waals surface area contributed by atoms with Gasteiger partial charge >= 0.3 is 0 Å². The molecule has 1 N–H and O–H groups in total. The highest BCUT2D eigenvalue weighted by Crippen LogP contribution is 2.25. The summed E-state index contributed by atoms with van der Waals surface area (Å²) in [5, 5.41) is 17.3. The summed E-state index contributed by atoms with van der Waals surface area (Å²) < 4.78 is 11.2. The minimum Gasteiger partial charge on any atom is -0.416 e. The molecule has 0 aliphatic heterocycles. The predicted molar refractivity (Wildman–Crippen MR) is 137 cm³/mol. The molecule has 5 rings (SSSR count). The maximum absolute atomic E-state index is 12.5. The Kier molecular flexibility index (Phi) is 7.28. The van der Waals surface area contributed by atoms with Crippen molar-refractivity contribution < 1.29 is 13.7 Å². The van der Waals surface area contributed by atoms with Crippen LogP contribution in [0.5, 0.6) is 0 Å². The van der Waals surface area contributed by atoms with Crippen LogP contribution in [0.1, 0.15) is 41.1 Å². The van der Waals surface area contributed by atoms with E-state index in [0.717, 1.165) is 47.3 Å². The lowest BCUT2D eigenvalue weighted by Gasteiger charge is -2.05. The van der Waals surface area contributed by atoms with Gasteiger partial charge in [-0.1, -0.05) is 35.3 Å². The Hall–Kier alpha value is -4.11. The third-order valence-corrected chi connectivity index (χ3v) is 6.51. The van der Waals surface area contributed by atoms with Gasteiger partial charge in [-0.05, 0) is 67.6 Å². The summed E-state index contributed by atoms with van der Waals surface area (Å²) in [6, 6.07) is 19.0. The first-order valence-electron chi connectivity index (χ1n) is 11.8. The number of nitrogens with zero attached hydrogens (tertiary/aromatic N) is 4. The number of carbonyl (C=O) groups is 1. The van der Waals surface area contributed by atoms with E-state index in [9.17, 15) is 4.79 Å². The first-order chi connectivity index (χ1) is 17.7. The molecule has 0 saturated carbocycles. The SMILES string of the molecule is Cc1cccc(-c2nnc(-c3ccc(C(=O)NCCCCCc4nc(-c5cccs5)no4)cc3)o2)c1. The molecule has 2 aromatic carbocycles. The summed E-state index contributed by atoms with van der Waals surface area (Å²) >= 11 is 1.59. The number of hydrogen-bond acceptors (Lipinski definition) is 8. The minimum atomic E-state index is -0.106. The summed E-state index contributed by atoms with van der Waals surface area (Å²) in [4.78, 5) is 17.9. The van der Waals surface area contributed by atoms with Gasteiger partial charge in [0.15, 0.2) is 0 Å². The standard InChI is InChI=1S/C27H25N5O3S/c1-18-7-5-8-21(17-18)27-31-30-26(34-27)20-13-11-19(12-14-20)25(33)28-15-4-2-3-10-23-29-24(32-35-23)22-9-6-16-36-22/h5-9,11-14,16-17H,2-4,10,15H2,1H3,(H,28,33). The second kappa shape index (κ2) is 11.1. The van der Waals surface area contributed by atoms with Gasteiger partial charge in [-0.25, -0.2) is 0 Å². The molecule has 0 bridgehead atoms. The van der Waals surface area contributed by atoms with Gasteiger partial charge in [0.05, 0.1) is 4.88 Å². The zero-order valence-electron chi connectivity index (χ0n) is 19.8. The summed E-state index contributed by atoms with van der Waals surface area (Å²) in [6.45, 7) is 2.62. The van der Waals surface area contributed by atoms with Crippen LogP contribution >= 0.6 is 11.3 Å². The van der Waals surface area contributed by atoms with Gasteiger partial charge in [0.25, 0.3) is 5.91 Å². The highest BCUT2D eigenvalue weighted by atomic mass is 32.1. The molecule has 0 atom stereocenters. The zero-order valence-corrected chi connectivity index (χ0v) is 20.6. The second-order valence-corrected chi connectivity index (χ2v) is 9.36. The largest absolute Gasteiger partial charge is 0.416 e. The van der Waals surface area contributed by atoms with Gasteiger partial charge in [-0.3, -0.25) is 4.79 Å². The van der Waals surface area contributed by atoms with E-state index < -0.39 is 0 Å². The number of hydrogen-bond donors (Lipinski definition) is 1. The molecule has 36 heavy (non-hydrogen) atoms. The number of aromatic nitrogens is 4. The molecule has 9 heteroatoms. The van der Waals surface area contributed by atoms with E-state index >= 15 is 0 Å². The third-order valence-electron chi connectivity index (χ3n) is 5.65. The lowest BCUT2D eigenvalue weighted by atomic mass is 10.1. The lowest BCUT2D eigenvalue weighted by molar-refractivity contribution is 0.0953. The minimum absolute atomic E-state index is 0.106. The molecule has 0 unspecified atom stereocenters. The summed E-state index contributed by atoms with van der Waals surface area (Å²) in [5.41, 5.74) is 3.35. The van der Waals surface area contributed by atoms with Crippen LogP contribution in [-0.4, -0.2) is 32.8 Å². The Morgan fingerprint density at radius 2 is 1.78 bits per heavy atom. The van der Waals surface area contributed by atoms with E-state index in [-0.39, 0.29) is 5.91 Å². The van der Waals surface area contributed by atoms with Crippen molar-refractivity contribution in [2.75, 3.05) is 6.54 Å². The van der Waals surface area contributed by atoms with Gasteiger partial charge in [-0.15, -0.1) is 21.5 Å². The van der Waals surface area contributed by atoms with E-state index in [2.05, 4.69) is 25.7 Å². The quantitative estimate of drug-likeness (QED) is 0.236. The number of aryl methyl sites for hydroxylation is 2. The van der Waals surface area contributed by atoms with Crippen molar-refractivity contribution in [2.24, 2.45) is 0 Å². The Morgan fingerprint density at radius 1 is 0.944 bits per heavy atom. The van der Waals surface area contributed by atoms with Crippen molar-refractivity contribution in [3.05, 3.63) is 83.1 Å². The smallest absolute Gasteiger partial charge is 0.251 e. The molecule has 1 amide bonds. The summed E-state index contributed by atoms with van der Waals surface area (Å²) in [6.07, 6.45) is 3.48. The van der Waals surface area contributed by atoms with Crippen molar-refractivity contribution in [3.8, 4) is 33.6 Å². The summed E-state index contributed by atoms with van der Waals surface area (Å²) in [7, 11) is 0. The van der Waals surface area contributed by atoms with Crippen LogP contribution in [0.15, 0.2) is 75.0 Å². The zero-order chi connectivity index (χ0) is 24.7. The van der Waals surface area contributed by atoms with Crippen molar-refractivity contribution in [1.29, 1.82) is 0 Å². The number of rotatable bonds is 10. The fourth-order valence-corrected chi connectivity index (χ4v) is 4.39. The molecule has 0 saturated heterocycles. The molecule has 0 fully saturated rings. The first kappa shape index (κ1) is 23.6. The highest BCUT2D eigenvalue weighted by Gasteiger charge is 2.12. The monoisotopic (exact) mass is 499 g/mol. The molecule has 3 aromatic heterocycles. The normalized spacial score (nSPS) is 11.0. The molecule has 0 aliphatic rings. The molecule has 3 heterocycles. The number of nitrogens with one attached hydrogen (secondary N) is 1. The van der Waals surface area contributed by atoms with Gasteiger partial charge in [-0.2, -0.15) is 4.98 Å². The molecule has 5 aromatic rings. The van der Waals surface area contributed by atoms with E-state index in [1.54, 1.807) is 23.5 Å². The molecule has 182 valence electrons. The maximum atomic E-state index is 12.5. The molecular formula is C27H25N5O3S. The van der Waals surface area contributed by atoms with Crippen LogP contribution in [-0.2, 0) is 6.42 Å². The average molecular weight is 500 g/mol. The van der Waals surface area contributed by atoms with E-state index in [4.69, 9.17) is 8.94 Å². The Labute approximate surface area is 212 Å². The van der Waals surface area contributed by atoms with E-state index in [1.807, 2.05) is 60.8 Å². The van der Waals surface area contributed by atoms with Gasteiger partial charge in [0.1, 0.15) is 0 Å². The number of amides is 1. The molecule has 0 aliphatic carbocycles. The van der Waals surface area contributed by atoms with E-state index in [0.29, 0.717) is 35.6 Å².